The number of aromatic nitrogens is 1. The number of carbonyl (C=O) groups is 1. The molecule has 1 aliphatic rings. The summed E-state index contributed by atoms with van der Waals surface area (Å²) in [5, 5.41) is 1.27. The van der Waals surface area contributed by atoms with Gasteiger partial charge < -0.3 is 9.80 Å². The number of piperidine rings is 1. The molecule has 0 aliphatic carbocycles. The van der Waals surface area contributed by atoms with Gasteiger partial charge in [-0.3, -0.25) is 4.79 Å². The van der Waals surface area contributed by atoms with Gasteiger partial charge in [0.2, 0.25) is 0 Å². The van der Waals surface area contributed by atoms with Crippen molar-refractivity contribution in [1.29, 1.82) is 0 Å². The molecular formula is C24H30N3OS+. The fourth-order valence-electron chi connectivity index (χ4n) is 4.33. The summed E-state index contributed by atoms with van der Waals surface area (Å²) >= 11 is 1.83. The van der Waals surface area contributed by atoms with Gasteiger partial charge in [-0.2, -0.15) is 0 Å². The second-order valence-electron chi connectivity index (χ2n) is 8.01. The number of amides is 1. The minimum Gasteiger partial charge on any atom is -0.334 e. The van der Waals surface area contributed by atoms with E-state index in [0.717, 1.165) is 38.0 Å². The van der Waals surface area contributed by atoms with Crippen LogP contribution in [0.4, 0.5) is 0 Å². The summed E-state index contributed by atoms with van der Waals surface area (Å²) in [6.45, 7) is 7.69. The quantitative estimate of drug-likeness (QED) is 0.678. The molecule has 0 saturated carbocycles. The lowest BCUT2D eigenvalue weighted by Crippen LogP contribution is -3.17. The summed E-state index contributed by atoms with van der Waals surface area (Å²) in [6, 6.07) is 18.7. The molecule has 152 valence electrons. The standard InChI is InChI=1S/C24H29N3OS/c1-3-26(17-19-9-5-4-6-10-19)24(28)18(2)27-15-13-20(14-16-27)23-25-21-11-7-8-12-22(21)29-23/h4-12,18,20H,3,13-17H2,1-2H3/p+1/t18-/m1/s1. The lowest BCUT2D eigenvalue weighted by molar-refractivity contribution is -0.919. The second-order valence-corrected chi connectivity index (χ2v) is 9.07. The van der Waals surface area contributed by atoms with Gasteiger partial charge in [0.15, 0.2) is 6.04 Å². The Kier molecular flexibility index (Phi) is 6.26. The highest BCUT2D eigenvalue weighted by Gasteiger charge is 2.33. The minimum absolute atomic E-state index is 0.00924. The van der Waals surface area contributed by atoms with Gasteiger partial charge in [0.1, 0.15) is 0 Å². The molecule has 1 N–H and O–H groups in total. The SMILES string of the molecule is CCN(Cc1ccccc1)C(=O)[C@@H](C)[NH+]1CCC(c2nc3ccccc3s2)CC1. The number of rotatable bonds is 6. The second kappa shape index (κ2) is 9.06. The Balaban J connectivity index is 1.36. The first-order valence-corrected chi connectivity index (χ1v) is 11.5. The number of thiazole rings is 1. The van der Waals surface area contributed by atoms with E-state index in [4.69, 9.17) is 4.98 Å². The van der Waals surface area contributed by atoms with Crippen LogP contribution in [0.1, 0.15) is 43.2 Å². The van der Waals surface area contributed by atoms with Crippen LogP contribution in [0.5, 0.6) is 0 Å². The number of carbonyl (C=O) groups excluding carboxylic acids is 1. The smallest absolute Gasteiger partial charge is 0.280 e. The predicted octanol–water partition coefficient (Wildman–Crippen LogP) is 3.50. The Morgan fingerprint density at radius 2 is 1.83 bits per heavy atom. The highest BCUT2D eigenvalue weighted by Crippen LogP contribution is 2.31. The van der Waals surface area contributed by atoms with Crippen LogP contribution in [0.2, 0.25) is 0 Å². The molecule has 1 amide bonds. The molecular weight excluding hydrogens is 378 g/mol. The molecule has 1 aromatic heterocycles. The molecule has 0 unspecified atom stereocenters. The van der Waals surface area contributed by atoms with E-state index < -0.39 is 0 Å². The highest BCUT2D eigenvalue weighted by molar-refractivity contribution is 7.18. The molecule has 5 heteroatoms. The van der Waals surface area contributed by atoms with Crippen molar-refractivity contribution >= 4 is 27.5 Å². The molecule has 1 atom stereocenters. The van der Waals surface area contributed by atoms with Crippen LogP contribution in [0.3, 0.4) is 0 Å². The summed E-state index contributed by atoms with van der Waals surface area (Å²) < 4.78 is 1.28. The molecule has 0 bridgehead atoms. The fraction of sp³-hybridized carbons (Fsp3) is 0.417. The van der Waals surface area contributed by atoms with Crippen LogP contribution in [0, 0.1) is 0 Å². The Bertz CT molecular complexity index is 914. The van der Waals surface area contributed by atoms with Crippen molar-refractivity contribution in [2.75, 3.05) is 19.6 Å². The molecule has 0 radical (unpaired) electrons. The van der Waals surface area contributed by atoms with Crippen molar-refractivity contribution in [2.24, 2.45) is 0 Å². The first-order valence-electron chi connectivity index (χ1n) is 10.7. The van der Waals surface area contributed by atoms with Crippen LogP contribution in [0.25, 0.3) is 10.2 Å². The maximum atomic E-state index is 13.1. The Hall–Kier alpha value is -2.24. The minimum atomic E-state index is 0.00924. The van der Waals surface area contributed by atoms with Gasteiger partial charge >= 0.3 is 0 Å². The van der Waals surface area contributed by atoms with Crippen molar-refractivity contribution in [3.05, 3.63) is 65.2 Å². The number of hydrogen-bond donors (Lipinski definition) is 1. The van der Waals surface area contributed by atoms with Crippen molar-refractivity contribution in [1.82, 2.24) is 9.88 Å². The number of para-hydroxylation sites is 1. The maximum absolute atomic E-state index is 13.1. The topological polar surface area (TPSA) is 37.6 Å². The van der Waals surface area contributed by atoms with Crippen molar-refractivity contribution in [3.8, 4) is 0 Å². The molecule has 0 spiro atoms. The fourth-order valence-corrected chi connectivity index (χ4v) is 5.47. The zero-order valence-corrected chi connectivity index (χ0v) is 18.1. The number of nitrogens with one attached hydrogen (secondary N) is 1. The lowest BCUT2D eigenvalue weighted by atomic mass is 9.96. The lowest BCUT2D eigenvalue weighted by Gasteiger charge is -2.34. The average Bonchev–Trinajstić information content (AvgIpc) is 3.21. The summed E-state index contributed by atoms with van der Waals surface area (Å²) in [6.07, 6.45) is 2.22. The third-order valence-corrected chi connectivity index (χ3v) is 7.38. The van der Waals surface area contributed by atoms with E-state index >= 15 is 0 Å². The zero-order valence-electron chi connectivity index (χ0n) is 17.3. The summed E-state index contributed by atoms with van der Waals surface area (Å²) in [5.74, 6) is 0.801. The Morgan fingerprint density at radius 1 is 1.14 bits per heavy atom. The van der Waals surface area contributed by atoms with Gasteiger partial charge in [-0.25, -0.2) is 4.98 Å². The van der Waals surface area contributed by atoms with Crippen LogP contribution in [-0.2, 0) is 11.3 Å². The predicted molar refractivity (Wildman–Crippen MR) is 119 cm³/mol. The van der Waals surface area contributed by atoms with Gasteiger partial charge in [0, 0.05) is 31.8 Å². The molecule has 2 heterocycles. The van der Waals surface area contributed by atoms with Crippen LogP contribution < -0.4 is 4.90 Å². The van der Waals surface area contributed by atoms with Crippen LogP contribution in [0.15, 0.2) is 54.6 Å². The van der Waals surface area contributed by atoms with E-state index in [9.17, 15) is 4.79 Å². The first kappa shape index (κ1) is 20.0. The monoisotopic (exact) mass is 408 g/mol. The average molecular weight is 409 g/mol. The number of benzene rings is 2. The summed E-state index contributed by atoms with van der Waals surface area (Å²) in [4.78, 5) is 21.4. The maximum Gasteiger partial charge on any atom is 0.280 e. The van der Waals surface area contributed by atoms with E-state index in [2.05, 4.69) is 50.2 Å². The Morgan fingerprint density at radius 3 is 2.52 bits per heavy atom. The van der Waals surface area contributed by atoms with Crippen LogP contribution in [-0.4, -0.2) is 41.5 Å². The summed E-state index contributed by atoms with van der Waals surface area (Å²) in [7, 11) is 0. The third-order valence-electron chi connectivity index (χ3n) is 6.18. The van der Waals surface area contributed by atoms with Crippen molar-refractivity contribution in [2.45, 2.75) is 45.2 Å². The zero-order chi connectivity index (χ0) is 20.2. The molecule has 4 rings (SSSR count). The van der Waals surface area contributed by atoms with E-state index in [-0.39, 0.29) is 11.9 Å². The molecule has 2 aromatic carbocycles. The number of hydrogen-bond acceptors (Lipinski definition) is 3. The van der Waals surface area contributed by atoms with Gasteiger partial charge in [-0.05, 0) is 31.5 Å². The van der Waals surface area contributed by atoms with E-state index in [1.165, 1.54) is 20.2 Å². The van der Waals surface area contributed by atoms with Crippen molar-refractivity contribution < 1.29 is 9.69 Å². The highest BCUT2D eigenvalue weighted by atomic mass is 32.1. The van der Waals surface area contributed by atoms with Gasteiger partial charge in [0.25, 0.3) is 5.91 Å². The molecule has 4 nitrogen and oxygen atoms in total. The molecule has 3 aromatic rings. The van der Waals surface area contributed by atoms with Gasteiger partial charge in [0.05, 0.1) is 28.3 Å². The number of fused-ring (bicyclic) bond motifs is 1. The number of likely N-dealkylation sites (tertiary alicyclic amines) is 1. The third kappa shape index (κ3) is 4.51. The molecule has 1 saturated heterocycles. The van der Waals surface area contributed by atoms with Gasteiger partial charge in [-0.15, -0.1) is 11.3 Å². The normalized spacial score (nSPS) is 20.5. The summed E-state index contributed by atoms with van der Waals surface area (Å²) in [5.41, 5.74) is 2.31. The molecule has 29 heavy (non-hydrogen) atoms. The molecule has 1 fully saturated rings. The number of quaternary nitrogens is 1. The van der Waals surface area contributed by atoms with E-state index in [1.54, 1.807) is 0 Å². The van der Waals surface area contributed by atoms with Gasteiger partial charge in [-0.1, -0.05) is 42.5 Å². The number of nitrogens with zero attached hydrogens (tertiary/aromatic N) is 2. The number of likely N-dealkylation sites (N-methyl/N-ethyl adjacent to an activating group) is 1. The first-order chi connectivity index (χ1) is 14.2. The van der Waals surface area contributed by atoms with E-state index in [1.807, 2.05) is 34.4 Å². The van der Waals surface area contributed by atoms with Crippen molar-refractivity contribution in [3.63, 3.8) is 0 Å². The van der Waals surface area contributed by atoms with Crippen LogP contribution >= 0.6 is 11.3 Å². The Labute approximate surface area is 177 Å². The largest absolute Gasteiger partial charge is 0.334 e. The molecule has 1 aliphatic heterocycles. The van der Waals surface area contributed by atoms with E-state index in [0.29, 0.717) is 12.5 Å².